The van der Waals surface area contributed by atoms with Crippen LogP contribution >= 0.6 is 0 Å². The highest BCUT2D eigenvalue weighted by molar-refractivity contribution is 5.08. The van der Waals surface area contributed by atoms with Gasteiger partial charge in [0.05, 0.1) is 0 Å². The fraction of sp³-hybridized carbons (Fsp3) is 1.00. The van der Waals surface area contributed by atoms with E-state index in [-0.39, 0.29) is 12.1 Å². The number of hydrogen-bond donors (Lipinski definition) is 0. The van der Waals surface area contributed by atoms with Crippen molar-refractivity contribution in [2.24, 2.45) is 5.92 Å². The smallest absolute Gasteiger partial charge is 0.114 e. The fourth-order valence-corrected chi connectivity index (χ4v) is 3.50. The number of hydroxylamine groups is 2. The molecule has 2 nitrogen and oxygen atoms in total. The van der Waals surface area contributed by atoms with Gasteiger partial charge < -0.3 is 10.3 Å². The molecule has 2 saturated heterocycles. The minimum absolute atomic E-state index is 0.0150. The lowest BCUT2D eigenvalue weighted by atomic mass is 9.63. The van der Waals surface area contributed by atoms with E-state index in [1.54, 1.807) is 0 Å². The van der Waals surface area contributed by atoms with Crippen LogP contribution in [0, 0.1) is 11.1 Å². The minimum Gasteiger partial charge on any atom is -0.785 e. The normalized spacial score (nSPS) is 58.0. The predicted octanol–water partition coefficient (Wildman–Crippen LogP) is 1.84. The third kappa shape index (κ3) is 0.811. The molecule has 4 fully saturated rings. The molecular formula is C9H13FNO-. The summed E-state index contributed by atoms with van der Waals surface area (Å²) in [6.07, 6.45) is 3.64. The molecule has 2 heterocycles. The number of hydrogen-bond acceptors (Lipinski definition) is 2. The fourth-order valence-electron chi connectivity index (χ4n) is 3.50. The van der Waals surface area contributed by atoms with Crippen molar-refractivity contribution in [2.45, 2.75) is 49.9 Å². The number of alkyl halides is 1. The molecule has 12 heavy (non-hydrogen) atoms. The maximum atomic E-state index is 13.9. The topological polar surface area (TPSA) is 26.3 Å². The lowest BCUT2D eigenvalue weighted by Gasteiger charge is -2.61. The van der Waals surface area contributed by atoms with Crippen LogP contribution in [0.1, 0.15) is 32.1 Å². The molecule has 0 N–H and O–H groups in total. The van der Waals surface area contributed by atoms with Crippen molar-refractivity contribution in [3.63, 3.8) is 0 Å². The van der Waals surface area contributed by atoms with Crippen LogP contribution in [0.25, 0.3) is 0 Å². The van der Waals surface area contributed by atoms with E-state index in [0.29, 0.717) is 18.8 Å². The van der Waals surface area contributed by atoms with Gasteiger partial charge in [0.2, 0.25) is 0 Å². The van der Waals surface area contributed by atoms with Crippen molar-refractivity contribution in [1.82, 2.24) is 5.06 Å². The van der Waals surface area contributed by atoms with Gasteiger partial charge in [-0.05, 0) is 38.0 Å². The molecule has 0 radical (unpaired) electrons. The molecule has 2 saturated carbocycles. The van der Waals surface area contributed by atoms with Gasteiger partial charge in [0.15, 0.2) is 0 Å². The Morgan fingerprint density at radius 2 is 1.75 bits per heavy atom. The lowest BCUT2D eigenvalue weighted by Crippen LogP contribution is -2.61. The summed E-state index contributed by atoms with van der Waals surface area (Å²) in [6.45, 7) is 0. The van der Waals surface area contributed by atoms with Crippen LogP contribution in [0.2, 0.25) is 0 Å². The zero-order valence-corrected chi connectivity index (χ0v) is 7.00. The van der Waals surface area contributed by atoms with E-state index >= 15 is 0 Å². The minimum atomic E-state index is -0.961. The van der Waals surface area contributed by atoms with Gasteiger partial charge in [-0.3, -0.25) is 0 Å². The molecule has 4 atom stereocenters. The average Bonchev–Trinajstić information content (AvgIpc) is 1.96. The molecule has 0 aromatic heterocycles. The molecule has 0 amide bonds. The Morgan fingerprint density at radius 1 is 1.17 bits per heavy atom. The van der Waals surface area contributed by atoms with Gasteiger partial charge >= 0.3 is 0 Å². The Balaban J connectivity index is 1.95. The van der Waals surface area contributed by atoms with Crippen LogP contribution in [0.5, 0.6) is 0 Å². The molecular weight excluding hydrogens is 157 g/mol. The van der Waals surface area contributed by atoms with E-state index < -0.39 is 5.67 Å². The van der Waals surface area contributed by atoms with Crippen LogP contribution in [-0.2, 0) is 0 Å². The molecule has 2 aliphatic carbocycles. The molecule has 0 spiro atoms. The number of nitrogens with zero attached hydrogens (tertiary/aromatic N) is 1. The maximum Gasteiger partial charge on any atom is 0.114 e. The molecule has 2 unspecified atom stereocenters. The van der Waals surface area contributed by atoms with Crippen molar-refractivity contribution < 1.29 is 4.39 Å². The molecule has 2 aliphatic heterocycles. The van der Waals surface area contributed by atoms with E-state index in [1.807, 2.05) is 0 Å². The van der Waals surface area contributed by atoms with E-state index in [4.69, 9.17) is 0 Å². The van der Waals surface area contributed by atoms with Gasteiger partial charge in [0, 0.05) is 12.1 Å². The molecule has 4 bridgehead atoms. The van der Waals surface area contributed by atoms with E-state index in [1.165, 1.54) is 5.06 Å². The second-order valence-electron chi connectivity index (χ2n) is 4.77. The van der Waals surface area contributed by atoms with Crippen molar-refractivity contribution in [3.05, 3.63) is 5.21 Å². The predicted molar refractivity (Wildman–Crippen MR) is 43.2 cm³/mol. The molecule has 4 aliphatic rings. The quantitative estimate of drug-likeness (QED) is 0.554. The monoisotopic (exact) mass is 170 g/mol. The van der Waals surface area contributed by atoms with Crippen LogP contribution < -0.4 is 0 Å². The Morgan fingerprint density at radius 3 is 2.25 bits per heavy atom. The molecule has 0 aromatic carbocycles. The Kier molecular flexibility index (Phi) is 1.22. The summed E-state index contributed by atoms with van der Waals surface area (Å²) in [5.74, 6) is 0.512. The van der Waals surface area contributed by atoms with Crippen LogP contribution in [0.3, 0.4) is 0 Å². The zero-order valence-electron chi connectivity index (χ0n) is 7.00. The highest BCUT2D eigenvalue weighted by Crippen LogP contribution is 2.52. The van der Waals surface area contributed by atoms with E-state index in [2.05, 4.69) is 0 Å². The summed E-state index contributed by atoms with van der Waals surface area (Å²) in [5, 5.41) is 12.6. The number of rotatable bonds is 0. The highest BCUT2D eigenvalue weighted by Gasteiger charge is 2.52. The largest absolute Gasteiger partial charge is 0.785 e. The van der Waals surface area contributed by atoms with Gasteiger partial charge in [-0.15, -0.1) is 0 Å². The van der Waals surface area contributed by atoms with Crippen LogP contribution in [0.15, 0.2) is 0 Å². The van der Waals surface area contributed by atoms with Gasteiger partial charge in [-0.2, -0.15) is 0 Å². The Hall–Kier alpha value is -0.150. The van der Waals surface area contributed by atoms with Gasteiger partial charge in [0.1, 0.15) is 5.67 Å². The van der Waals surface area contributed by atoms with Gasteiger partial charge in [0.25, 0.3) is 0 Å². The maximum absolute atomic E-state index is 13.9. The van der Waals surface area contributed by atoms with Gasteiger partial charge in [-0.25, -0.2) is 4.39 Å². The van der Waals surface area contributed by atoms with Crippen molar-refractivity contribution in [2.75, 3.05) is 0 Å². The molecule has 3 heteroatoms. The summed E-state index contributed by atoms with van der Waals surface area (Å²) >= 11 is 0. The molecule has 0 aromatic rings. The van der Waals surface area contributed by atoms with Crippen molar-refractivity contribution in [3.8, 4) is 0 Å². The van der Waals surface area contributed by atoms with Crippen molar-refractivity contribution in [1.29, 1.82) is 0 Å². The molecule has 68 valence electrons. The first kappa shape index (κ1) is 7.27. The highest BCUT2D eigenvalue weighted by atomic mass is 19.1. The first-order valence-electron chi connectivity index (χ1n) is 4.81. The Labute approximate surface area is 71.3 Å². The summed E-state index contributed by atoms with van der Waals surface area (Å²) < 4.78 is 13.9. The third-order valence-corrected chi connectivity index (χ3v) is 3.79. The van der Waals surface area contributed by atoms with Crippen LogP contribution in [-0.4, -0.2) is 22.8 Å². The van der Waals surface area contributed by atoms with Gasteiger partial charge in [-0.1, -0.05) is 0 Å². The molecule has 4 rings (SSSR count). The number of halogens is 1. The zero-order chi connectivity index (χ0) is 8.34. The van der Waals surface area contributed by atoms with Crippen LogP contribution in [0.4, 0.5) is 4.39 Å². The van der Waals surface area contributed by atoms with E-state index in [9.17, 15) is 9.60 Å². The SMILES string of the molecule is [O-]N1[C@@H]2CC3C[C@H]1CC(F)(C3)C2. The standard InChI is InChI=1S/C9H13FNO/c10-9-3-6-1-7(4-9)11(12)8(2-6)5-9/h6-8H,1-5H2/q-1/t6?,7-,8+,9?. The second-order valence-corrected chi connectivity index (χ2v) is 4.77. The average molecular weight is 170 g/mol. The summed E-state index contributed by atoms with van der Waals surface area (Å²) in [7, 11) is 0. The number of piperidine rings is 2. The summed E-state index contributed by atoms with van der Waals surface area (Å²) in [4.78, 5) is 0. The first-order chi connectivity index (χ1) is 5.66. The first-order valence-corrected chi connectivity index (χ1v) is 4.81. The Bertz CT molecular complexity index is 205. The van der Waals surface area contributed by atoms with E-state index in [0.717, 1.165) is 19.3 Å². The third-order valence-electron chi connectivity index (χ3n) is 3.79. The summed E-state index contributed by atoms with van der Waals surface area (Å²) in [5.41, 5.74) is -0.961. The second kappa shape index (κ2) is 2.02. The summed E-state index contributed by atoms with van der Waals surface area (Å²) in [6, 6.07) is 0.0301. The lowest BCUT2D eigenvalue weighted by molar-refractivity contribution is -0.100. The van der Waals surface area contributed by atoms with Crippen molar-refractivity contribution >= 4 is 0 Å².